The Kier molecular flexibility index (Phi) is 6.57. The van der Waals surface area contributed by atoms with E-state index in [-0.39, 0.29) is 15.6 Å². The number of carbonyl (C=O) groups is 1. The molecule has 2 rings (SSSR count). The number of ether oxygens (including phenoxy) is 1. The Hall–Kier alpha value is -2.16. The zero-order valence-electron chi connectivity index (χ0n) is 14.1. The molecule has 0 fully saturated rings. The van der Waals surface area contributed by atoms with Crippen molar-refractivity contribution >= 4 is 33.2 Å². The first kappa shape index (κ1) is 20.2. The third-order valence-corrected chi connectivity index (χ3v) is 5.20. The van der Waals surface area contributed by atoms with Crippen molar-refractivity contribution in [1.82, 2.24) is 4.72 Å². The fourth-order valence-electron chi connectivity index (χ4n) is 2.08. The van der Waals surface area contributed by atoms with Gasteiger partial charge in [0.15, 0.2) is 0 Å². The lowest BCUT2D eigenvalue weighted by Crippen LogP contribution is -2.41. The van der Waals surface area contributed by atoms with Gasteiger partial charge >= 0.3 is 0 Å². The van der Waals surface area contributed by atoms with E-state index in [1.54, 1.807) is 13.0 Å². The van der Waals surface area contributed by atoms with Crippen LogP contribution in [0.2, 0.25) is 5.02 Å². The monoisotopic (exact) mass is 400 g/mol. The molecule has 0 radical (unpaired) electrons. The van der Waals surface area contributed by atoms with Crippen molar-refractivity contribution < 1.29 is 22.3 Å². The largest absolute Gasteiger partial charge is 0.492 e. The lowest BCUT2D eigenvalue weighted by molar-refractivity contribution is -0.117. The molecular formula is C17H18ClFN2O4S. The van der Waals surface area contributed by atoms with Crippen LogP contribution in [-0.2, 0) is 14.8 Å². The van der Waals surface area contributed by atoms with Crippen LogP contribution in [0.3, 0.4) is 0 Å². The van der Waals surface area contributed by atoms with Gasteiger partial charge in [-0.05, 0) is 44.2 Å². The molecule has 9 heteroatoms. The number of anilines is 1. The summed E-state index contributed by atoms with van der Waals surface area (Å²) in [6.45, 7) is 3.51. The molecule has 1 atom stereocenters. The van der Waals surface area contributed by atoms with E-state index in [1.807, 2.05) is 0 Å². The lowest BCUT2D eigenvalue weighted by atomic mass is 10.2. The summed E-state index contributed by atoms with van der Waals surface area (Å²) in [7, 11) is -4.01. The van der Waals surface area contributed by atoms with E-state index in [0.717, 1.165) is 0 Å². The van der Waals surface area contributed by atoms with Crippen molar-refractivity contribution in [2.75, 3.05) is 11.9 Å². The number of para-hydroxylation sites is 1. The first-order valence-electron chi connectivity index (χ1n) is 7.74. The Morgan fingerprint density at radius 3 is 2.58 bits per heavy atom. The highest BCUT2D eigenvalue weighted by atomic mass is 35.5. The average molecular weight is 401 g/mol. The number of rotatable bonds is 7. The summed E-state index contributed by atoms with van der Waals surface area (Å²) in [5, 5.41) is 2.47. The van der Waals surface area contributed by atoms with Gasteiger partial charge in [-0.25, -0.2) is 12.8 Å². The van der Waals surface area contributed by atoms with Gasteiger partial charge < -0.3 is 10.1 Å². The predicted octanol–water partition coefficient (Wildman–Crippen LogP) is 3.18. The summed E-state index contributed by atoms with van der Waals surface area (Å²) in [5.41, 5.74) is -0.0346. The number of carbonyl (C=O) groups excluding carboxylic acids is 1. The Balaban J connectivity index is 2.11. The van der Waals surface area contributed by atoms with Crippen molar-refractivity contribution in [2.45, 2.75) is 24.8 Å². The van der Waals surface area contributed by atoms with Gasteiger partial charge in [0, 0.05) is 0 Å². The predicted molar refractivity (Wildman–Crippen MR) is 97.4 cm³/mol. The highest BCUT2D eigenvalue weighted by molar-refractivity contribution is 7.89. The molecule has 1 amide bonds. The van der Waals surface area contributed by atoms with Crippen LogP contribution in [0.5, 0.6) is 5.75 Å². The van der Waals surface area contributed by atoms with Crippen molar-refractivity contribution in [1.29, 1.82) is 0 Å². The number of hydrogen-bond donors (Lipinski definition) is 2. The molecule has 0 saturated carbocycles. The van der Waals surface area contributed by atoms with Crippen molar-refractivity contribution in [3.8, 4) is 5.75 Å². The number of nitrogens with one attached hydrogen (secondary N) is 2. The summed E-state index contributed by atoms with van der Waals surface area (Å²) in [5.74, 6) is -0.955. The van der Waals surface area contributed by atoms with Crippen molar-refractivity contribution in [3.63, 3.8) is 0 Å². The quantitative estimate of drug-likeness (QED) is 0.747. The summed E-state index contributed by atoms with van der Waals surface area (Å²) in [4.78, 5) is 12.0. The van der Waals surface area contributed by atoms with Crippen LogP contribution < -0.4 is 14.8 Å². The third-order valence-electron chi connectivity index (χ3n) is 3.37. The Morgan fingerprint density at radius 2 is 1.96 bits per heavy atom. The van der Waals surface area contributed by atoms with Crippen LogP contribution in [-0.4, -0.2) is 27.0 Å². The maximum atomic E-state index is 13.6. The number of hydrogen-bond acceptors (Lipinski definition) is 4. The minimum Gasteiger partial charge on any atom is -0.492 e. The van der Waals surface area contributed by atoms with Crippen LogP contribution in [0.1, 0.15) is 13.8 Å². The summed E-state index contributed by atoms with van der Waals surface area (Å²) >= 11 is 6.00. The van der Waals surface area contributed by atoms with Crippen LogP contribution in [0.25, 0.3) is 0 Å². The molecule has 0 aromatic heterocycles. The maximum Gasteiger partial charge on any atom is 0.242 e. The normalized spacial score (nSPS) is 12.5. The highest BCUT2D eigenvalue weighted by Crippen LogP contribution is 2.27. The number of sulfonamides is 1. The van der Waals surface area contributed by atoms with E-state index in [4.69, 9.17) is 16.3 Å². The number of amides is 1. The Morgan fingerprint density at radius 1 is 1.27 bits per heavy atom. The number of benzene rings is 2. The number of halogens is 2. The second-order valence-electron chi connectivity index (χ2n) is 5.34. The van der Waals surface area contributed by atoms with E-state index in [2.05, 4.69) is 10.0 Å². The molecule has 140 valence electrons. The Bertz CT molecular complexity index is 905. The molecule has 0 aliphatic heterocycles. The van der Waals surface area contributed by atoms with Crippen molar-refractivity contribution in [3.05, 3.63) is 53.3 Å². The minimum absolute atomic E-state index is 0.0346. The molecule has 2 aromatic rings. The second kappa shape index (κ2) is 8.48. The van der Waals surface area contributed by atoms with Crippen LogP contribution >= 0.6 is 11.6 Å². The third kappa shape index (κ3) is 4.94. The van der Waals surface area contributed by atoms with E-state index >= 15 is 0 Å². The van der Waals surface area contributed by atoms with Gasteiger partial charge in [0.2, 0.25) is 15.9 Å². The molecule has 0 aliphatic rings. The fourth-order valence-corrected chi connectivity index (χ4v) is 3.61. The van der Waals surface area contributed by atoms with Gasteiger partial charge in [-0.2, -0.15) is 4.72 Å². The molecule has 0 bridgehead atoms. The molecule has 2 N–H and O–H groups in total. The van der Waals surface area contributed by atoms with Gasteiger partial charge in [0.25, 0.3) is 0 Å². The van der Waals surface area contributed by atoms with Crippen LogP contribution in [0, 0.1) is 5.82 Å². The van der Waals surface area contributed by atoms with E-state index in [9.17, 15) is 17.6 Å². The van der Waals surface area contributed by atoms with Crippen LogP contribution in [0.15, 0.2) is 47.4 Å². The summed E-state index contributed by atoms with van der Waals surface area (Å²) < 4.78 is 45.9. The average Bonchev–Trinajstić information content (AvgIpc) is 2.58. The molecule has 6 nitrogen and oxygen atoms in total. The molecule has 0 saturated heterocycles. The van der Waals surface area contributed by atoms with Gasteiger partial charge in [-0.1, -0.05) is 23.7 Å². The summed E-state index contributed by atoms with van der Waals surface area (Å²) in [6, 6.07) is 8.45. The van der Waals surface area contributed by atoms with Crippen LogP contribution in [0.4, 0.5) is 10.1 Å². The molecule has 0 aliphatic carbocycles. The van der Waals surface area contributed by atoms with E-state index in [1.165, 1.54) is 43.3 Å². The van der Waals surface area contributed by atoms with Gasteiger partial charge in [0.05, 0.1) is 28.3 Å². The first-order chi connectivity index (χ1) is 12.2. The molecule has 26 heavy (non-hydrogen) atoms. The lowest BCUT2D eigenvalue weighted by Gasteiger charge is -2.15. The SMILES string of the molecule is CCOc1ccc(S(=O)(=O)N[C@H](C)C(=O)Nc2ccccc2F)cc1Cl. The minimum atomic E-state index is -4.01. The van der Waals surface area contributed by atoms with E-state index in [0.29, 0.717) is 12.4 Å². The standard InChI is InChI=1S/C17H18ClFN2O4S/c1-3-25-16-9-8-12(10-13(16)18)26(23,24)21-11(2)17(22)20-15-7-5-4-6-14(15)19/h4-11,21H,3H2,1-2H3,(H,20,22)/t11-/m1/s1. The summed E-state index contributed by atoms with van der Waals surface area (Å²) in [6.07, 6.45) is 0. The maximum absolute atomic E-state index is 13.6. The smallest absolute Gasteiger partial charge is 0.242 e. The topological polar surface area (TPSA) is 84.5 Å². The zero-order valence-corrected chi connectivity index (χ0v) is 15.7. The highest BCUT2D eigenvalue weighted by Gasteiger charge is 2.23. The molecule has 0 heterocycles. The van der Waals surface area contributed by atoms with Gasteiger partial charge in [-0.3, -0.25) is 4.79 Å². The molecular weight excluding hydrogens is 383 g/mol. The van der Waals surface area contributed by atoms with Gasteiger partial charge in [0.1, 0.15) is 11.6 Å². The molecule has 0 unspecified atom stereocenters. The Labute approximate surface area is 156 Å². The first-order valence-corrected chi connectivity index (χ1v) is 9.60. The van der Waals surface area contributed by atoms with Gasteiger partial charge in [-0.15, -0.1) is 0 Å². The zero-order chi connectivity index (χ0) is 19.3. The fraction of sp³-hybridized carbons (Fsp3) is 0.235. The van der Waals surface area contributed by atoms with Crippen molar-refractivity contribution in [2.24, 2.45) is 0 Å². The molecule has 2 aromatic carbocycles. The van der Waals surface area contributed by atoms with E-state index < -0.39 is 27.8 Å². The second-order valence-corrected chi connectivity index (χ2v) is 7.46. The molecule has 0 spiro atoms.